The molecule has 2 aliphatic rings. The number of H-pyrrole nitrogens is 1. The minimum Gasteiger partial charge on any atom is -0.496 e. The lowest BCUT2D eigenvalue weighted by Crippen LogP contribution is -2.67. The Hall–Kier alpha value is -3.28. The minimum absolute atomic E-state index is 0.00203. The second-order valence-electron chi connectivity index (χ2n) is 9.26. The number of aromatic nitrogens is 1. The standard InChI is InChI=1S/C27H31N3O3/c1-4-5-10-15-29-17-23(31)30-16-20(18-11-7-9-14-22(18)33-3)24-19-12-6-8-13-21(19)28-25(24)27(30,2)26(29)32/h6-9,11-14,20,28H,4-5,10,15-17H2,1-3H3/t20-,27+/m1/s1. The zero-order chi connectivity index (χ0) is 23.2. The molecule has 0 radical (unpaired) electrons. The van der Waals surface area contributed by atoms with Crippen LogP contribution in [0.4, 0.5) is 0 Å². The maximum Gasteiger partial charge on any atom is 0.254 e. The number of rotatable bonds is 6. The second-order valence-corrected chi connectivity index (χ2v) is 9.26. The van der Waals surface area contributed by atoms with Gasteiger partial charge in [-0.25, -0.2) is 0 Å². The van der Waals surface area contributed by atoms with E-state index in [9.17, 15) is 9.59 Å². The first-order chi connectivity index (χ1) is 16.0. The van der Waals surface area contributed by atoms with Crippen LogP contribution in [-0.4, -0.2) is 53.3 Å². The van der Waals surface area contributed by atoms with Gasteiger partial charge in [0.2, 0.25) is 5.91 Å². The smallest absolute Gasteiger partial charge is 0.254 e. The average Bonchev–Trinajstić information content (AvgIpc) is 3.23. The molecule has 2 aromatic carbocycles. The summed E-state index contributed by atoms with van der Waals surface area (Å²) < 4.78 is 5.69. The van der Waals surface area contributed by atoms with Crippen LogP contribution in [-0.2, 0) is 15.1 Å². The van der Waals surface area contributed by atoms with Crippen LogP contribution in [0.15, 0.2) is 48.5 Å². The van der Waals surface area contributed by atoms with Gasteiger partial charge >= 0.3 is 0 Å². The predicted molar refractivity (Wildman–Crippen MR) is 128 cm³/mol. The Labute approximate surface area is 194 Å². The van der Waals surface area contributed by atoms with Gasteiger partial charge in [-0.3, -0.25) is 9.59 Å². The largest absolute Gasteiger partial charge is 0.496 e. The van der Waals surface area contributed by atoms with Crippen molar-refractivity contribution in [3.63, 3.8) is 0 Å². The van der Waals surface area contributed by atoms with Gasteiger partial charge in [0.25, 0.3) is 5.91 Å². The van der Waals surface area contributed by atoms with Gasteiger partial charge in [0.15, 0.2) is 5.54 Å². The lowest BCUT2D eigenvalue weighted by atomic mass is 9.76. The van der Waals surface area contributed by atoms with Crippen molar-refractivity contribution in [3.8, 4) is 5.75 Å². The highest BCUT2D eigenvalue weighted by Gasteiger charge is 2.56. The van der Waals surface area contributed by atoms with Gasteiger partial charge in [-0.05, 0) is 31.0 Å². The number of fused-ring (bicyclic) bond motifs is 5. The molecule has 6 nitrogen and oxygen atoms in total. The van der Waals surface area contributed by atoms with Crippen molar-refractivity contribution in [2.24, 2.45) is 0 Å². The van der Waals surface area contributed by atoms with E-state index in [0.717, 1.165) is 52.7 Å². The SMILES string of the molecule is CCCCCN1CC(=O)N2C[C@H](c3ccccc3OC)c3c([nH]c4ccccc34)[C@@]2(C)C1=O. The number of nitrogens with zero attached hydrogens (tertiary/aromatic N) is 2. The van der Waals surface area contributed by atoms with Crippen molar-refractivity contribution >= 4 is 22.7 Å². The fraction of sp³-hybridized carbons (Fsp3) is 0.407. The van der Waals surface area contributed by atoms with E-state index >= 15 is 0 Å². The molecule has 5 rings (SSSR count). The molecule has 0 aliphatic carbocycles. The van der Waals surface area contributed by atoms with E-state index in [1.54, 1.807) is 16.9 Å². The van der Waals surface area contributed by atoms with Crippen LogP contribution in [0.3, 0.4) is 0 Å². The van der Waals surface area contributed by atoms with Gasteiger partial charge in [0.05, 0.1) is 19.3 Å². The van der Waals surface area contributed by atoms with Crippen molar-refractivity contribution in [3.05, 3.63) is 65.4 Å². The summed E-state index contributed by atoms with van der Waals surface area (Å²) in [6.45, 7) is 5.26. The molecule has 2 aliphatic heterocycles. The molecular weight excluding hydrogens is 414 g/mol. The number of ether oxygens (including phenoxy) is 1. The Balaban J connectivity index is 1.69. The number of piperazine rings is 1. The topological polar surface area (TPSA) is 65.6 Å². The van der Waals surface area contributed by atoms with E-state index in [1.807, 2.05) is 43.3 Å². The number of methoxy groups -OCH3 is 1. The predicted octanol–water partition coefficient (Wildman–Crippen LogP) is 4.40. The maximum atomic E-state index is 13.9. The van der Waals surface area contributed by atoms with Gasteiger partial charge in [0.1, 0.15) is 5.75 Å². The number of aromatic amines is 1. The molecule has 0 bridgehead atoms. The molecule has 2 atom stereocenters. The fourth-order valence-electron chi connectivity index (χ4n) is 5.64. The summed E-state index contributed by atoms with van der Waals surface area (Å²) in [5, 5.41) is 1.09. The highest BCUT2D eigenvalue weighted by Crippen LogP contribution is 2.49. The second kappa shape index (κ2) is 8.25. The lowest BCUT2D eigenvalue weighted by Gasteiger charge is -2.51. The fourth-order valence-corrected chi connectivity index (χ4v) is 5.64. The summed E-state index contributed by atoms with van der Waals surface area (Å²) >= 11 is 0. The molecule has 0 unspecified atom stereocenters. The molecule has 1 aromatic heterocycles. The monoisotopic (exact) mass is 445 g/mol. The van der Waals surface area contributed by atoms with Crippen LogP contribution in [0.1, 0.15) is 55.8 Å². The average molecular weight is 446 g/mol. The number of hydrogen-bond acceptors (Lipinski definition) is 3. The Kier molecular flexibility index (Phi) is 5.39. The van der Waals surface area contributed by atoms with E-state index < -0.39 is 5.54 Å². The molecule has 3 heterocycles. The number of unbranched alkanes of at least 4 members (excludes halogenated alkanes) is 2. The van der Waals surface area contributed by atoms with E-state index in [0.29, 0.717) is 13.1 Å². The molecule has 0 saturated carbocycles. The Bertz CT molecular complexity index is 1220. The molecule has 0 spiro atoms. The summed E-state index contributed by atoms with van der Waals surface area (Å²) in [6, 6.07) is 16.1. The number of para-hydroxylation sites is 2. The number of carbonyl (C=O) groups excluding carboxylic acids is 2. The van der Waals surface area contributed by atoms with Gasteiger partial charge in [-0.1, -0.05) is 56.2 Å². The van der Waals surface area contributed by atoms with Crippen LogP contribution < -0.4 is 4.74 Å². The van der Waals surface area contributed by atoms with Crippen LogP contribution in [0.2, 0.25) is 0 Å². The first kappa shape index (κ1) is 21.6. The van der Waals surface area contributed by atoms with E-state index in [1.165, 1.54) is 0 Å². The summed E-state index contributed by atoms with van der Waals surface area (Å²) in [5.41, 5.74) is 2.87. The summed E-state index contributed by atoms with van der Waals surface area (Å²) in [6.07, 6.45) is 3.03. The molecule has 1 N–H and O–H groups in total. The summed E-state index contributed by atoms with van der Waals surface area (Å²) in [4.78, 5) is 34.5. The van der Waals surface area contributed by atoms with Crippen LogP contribution in [0.5, 0.6) is 5.75 Å². The van der Waals surface area contributed by atoms with Gasteiger partial charge in [-0.15, -0.1) is 0 Å². The van der Waals surface area contributed by atoms with Crippen molar-refractivity contribution < 1.29 is 14.3 Å². The third-order valence-corrected chi connectivity index (χ3v) is 7.36. The van der Waals surface area contributed by atoms with Crippen LogP contribution >= 0.6 is 0 Å². The Morgan fingerprint density at radius 1 is 1.09 bits per heavy atom. The van der Waals surface area contributed by atoms with Gasteiger partial charge in [0, 0.05) is 35.5 Å². The zero-order valence-electron chi connectivity index (χ0n) is 19.6. The van der Waals surface area contributed by atoms with Crippen molar-refractivity contribution in [1.29, 1.82) is 0 Å². The molecule has 3 aromatic rings. The highest BCUT2D eigenvalue weighted by atomic mass is 16.5. The van der Waals surface area contributed by atoms with Gasteiger partial charge < -0.3 is 19.5 Å². The number of hydrogen-bond donors (Lipinski definition) is 1. The maximum absolute atomic E-state index is 13.9. The molecule has 1 fully saturated rings. The first-order valence-corrected chi connectivity index (χ1v) is 11.8. The molecule has 172 valence electrons. The van der Waals surface area contributed by atoms with E-state index in [2.05, 4.69) is 24.0 Å². The number of benzene rings is 2. The highest BCUT2D eigenvalue weighted by molar-refractivity contribution is 6.01. The number of carbonyl (C=O) groups is 2. The van der Waals surface area contributed by atoms with E-state index in [-0.39, 0.29) is 24.3 Å². The number of amides is 2. The summed E-state index contributed by atoms with van der Waals surface area (Å²) in [5.74, 6) is 0.699. The Morgan fingerprint density at radius 2 is 1.85 bits per heavy atom. The zero-order valence-corrected chi connectivity index (χ0v) is 19.6. The van der Waals surface area contributed by atoms with E-state index in [4.69, 9.17) is 4.74 Å². The molecular formula is C27H31N3O3. The van der Waals surface area contributed by atoms with Crippen molar-refractivity contribution in [1.82, 2.24) is 14.8 Å². The third-order valence-electron chi connectivity index (χ3n) is 7.36. The van der Waals surface area contributed by atoms with Crippen molar-refractivity contribution in [2.75, 3.05) is 26.7 Å². The van der Waals surface area contributed by atoms with Crippen molar-refractivity contribution in [2.45, 2.75) is 44.6 Å². The Morgan fingerprint density at radius 3 is 2.64 bits per heavy atom. The molecule has 1 saturated heterocycles. The first-order valence-electron chi connectivity index (χ1n) is 11.8. The molecule has 2 amide bonds. The minimum atomic E-state index is -1.05. The van der Waals surface area contributed by atoms with Crippen LogP contribution in [0.25, 0.3) is 10.9 Å². The van der Waals surface area contributed by atoms with Gasteiger partial charge in [-0.2, -0.15) is 0 Å². The molecule has 6 heteroatoms. The third kappa shape index (κ3) is 3.23. The molecule has 33 heavy (non-hydrogen) atoms. The normalized spacial score (nSPS) is 22.5. The lowest BCUT2D eigenvalue weighted by molar-refractivity contribution is -0.166. The number of nitrogens with one attached hydrogen (secondary N) is 1. The van der Waals surface area contributed by atoms with Crippen LogP contribution in [0, 0.1) is 0 Å². The quantitative estimate of drug-likeness (QED) is 0.572. The summed E-state index contributed by atoms with van der Waals surface area (Å²) in [7, 11) is 1.67.